The summed E-state index contributed by atoms with van der Waals surface area (Å²) in [6.45, 7) is 9.94. The average Bonchev–Trinajstić information content (AvgIpc) is 2.22. The highest BCUT2D eigenvalue weighted by Gasteiger charge is 2.06. The molecule has 0 amide bonds. The van der Waals surface area contributed by atoms with Crippen molar-refractivity contribution in [3.8, 4) is 0 Å². The Morgan fingerprint density at radius 1 is 1.43 bits per heavy atom. The zero-order chi connectivity index (χ0) is 10.8. The van der Waals surface area contributed by atoms with Crippen molar-refractivity contribution < 1.29 is 4.74 Å². The van der Waals surface area contributed by atoms with Crippen LogP contribution in [-0.2, 0) is 4.74 Å². The van der Waals surface area contributed by atoms with Crippen LogP contribution in [-0.4, -0.2) is 26.3 Å². The van der Waals surface area contributed by atoms with E-state index in [-0.39, 0.29) is 0 Å². The summed E-state index contributed by atoms with van der Waals surface area (Å²) in [7, 11) is 2.02. The van der Waals surface area contributed by atoms with Gasteiger partial charge in [-0.1, -0.05) is 19.1 Å². The third kappa shape index (κ3) is 7.10. The van der Waals surface area contributed by atoms with Crippen molar-refractivity contribution in [2.45, 2.75) is 45.6 Å². The lowest BCUT2D eigenvalue weighted by Gasteiger charge is -2.16. The third-order valence-corrected chi connectivity index (χ3v) is 2.49. The van der Waals surface area contributed by atoms with E-state index < -0.39 is 0 Å². The van der Waals surface area contributed by atoms with E-state index in [1.54, 1.807) is 0 Å². The van der Waals surface area contributed by atoms with Gasteiger partial charge in [0.1, 0.15) is 0 Å². The van der Waals surface area contributed by atoms with Gasteiger partial charge in [-0.3, -0.25) is 0 Å². The molecular weight excluding hydrogens is 174 g/mol. The van der Waals surface area contributed by atoms with Crippen molar-refractivity contribution in [1.82, 2.24) is 5.32 Å². The topological polar surface area (TPSA) is 21.3 Å². The van der Waals surface area contributed by atoms with E-state index in [2.05, 4.69) is 18.8 Å². The minimum absolute atomic E-state index is 0.572. The highest BCUT2D eigenvalue weighted by atomic mass is 16.5. The van der Waals surface area contributed by atoms with Gasteiger partial charge < -0.3 is 10.1 Å². The molecule has 0 bridgehead atoms. The van der Waals surface area contributed by atoms with E-state index in [4.69, 9.17) is 4.74 Å². The van der Waals surface area contributed by atoms with E-state index in [1.165, 1.54) is 12.0 Å². The second-order valence-corrected chi connectivity index (χ2v) is 3.63. The molecule has 0 aliphatic rings. The van der Waals surface area contributed by atoms with Crippen molar-refractivity contribution in [2.75, 3.05) is 20.3 Å². The predicted octanol–water partition coefficient (Wildman–Crippen LogP) is 2.75. The van der Waals surface area contributed by atoms with Crippen molar-refractivity contribution in [2.24, 2.45) is 0 Å². The van der Waals surface area contributed by atoms with Gasteiger partial charge in [0.25, 0.3) is 0 Å². The first kappa shape index (κ1) is 13.7. The maximum atomic E-state index is 5.31. The molecule has 1 N–H and O–H groups in total. The van der Waals surface area contributed by atoms with Crippen LogP contribution >= 0.6 is 0 Å². The Bertz CT molecular complexity index is 145. The zero-order valence-corrected chi connectivity index (χ0v) is 9.94. The molecule has 0 aromatic rings. The molecule has 0 aliphatic heterocycles. The first-order valence-corrected chi connectivity index (χ1v) is 5.66. The smallest absolute Gasteiger partial charge is 0.0466 e. The van der Waals surface area contributed by atoms with E-state index in [0.717, 1.165) is 32.5 Å². The molecule has 0 fully saturated rings. The quantitative estimate of drug-likeness (QED) is 0.455. The second kappa shape index (κ2) is 9.22. The molecule has 1 unspecified atom stereocenters. The van der Waals surface area contributed by atoms with E-state index in [9.17, 15) is 0 Å². The third-order valence-electron chi connectivity index (χ3n) is 2.49. The number of hydrogen-bond donors (Lipinski definition) is 1. The first-order chi connectivity index (χ1) is 6.74. The fourth-order valence-electron chi connectivity index (χ4n) is 1.42. The van der Waals surface area contributed by atoms with Gasteiger partial charge in [-0.15, -0.1) is 0 Å². The van der Waals surface area contributed by atoms with E-state index in [0.29, 0.717) is 6.04 Å². The summed E-state index contributed by atoms with van der Waals surface area (Å²) >= 11 is 0. The van der Waals surface area contributed by atoms with E-state index in [1.807, 2.05) is 14.0 Å². The first-order valence-electron chi connectivity index (χ1n) is 5.66. The van der Waals surface area contributed by atoms with Crippen LogP contribution in [0.1, 0.15) is 39.5 Å². The van der Waals surface area contributed by atoms with Crippen LogP contribution in [0.5, 0.6) is 0 Å². The van der Waals surface area contributed by atoms with Crippen LogP contribution in [0.15, 0.2) is 12.2 Å². The fourth-order valence-corrected chi connectivity index (χ4v) is 1.42. The molecule has 0 aromatic carbocycles. The average molecular weight is 199 g/mol. The molecule has 84 valence electrons. The standard InChI is InChI=1S/C12H25NO/c1-5-11(3)10-12(13-4)8-7-9-14-6-2/h12-13H,3,5-10H2,1-2,4H3. The molecule has 0 rings (SSSR count). The summed E-state index contributed by atoms with van der Waals surface area (Å²) < 4.78 is 5.31. The summed E-state index contributed by atoms with van der Waals surface area (Å²) in [5.74, 6) is 0. The molecule has 0 saturated heterocycles. The number of ether oxygens (including phenoxy) is 1. The Hall–Kier alpha value is -0.340. The van der Waals surface area contributed by atoms with Crippen LogP contribution in [0.2, 0.25) is 0 Å². The number of nitrogens with one attached hydrogen (secondary N) is 1. The summed E-state index contributed by atoms with van der Waals surface area (Å²) in [6, 6.07) is 0.572. The fraction of sp³-hybridized carbons (Fsp3) is 0.833. The molecule has 0 spiro atoms. The van der Waals surface area contributed by atoms with Crippen molar-refractivity contribution >= 4 is 0 Å². The molecule has 1 atom stereocenters. The lowest BCUT2D eigenvalue weighted by molar-refractivity contribution is 0.141. The lowest BCUT2D eigenvalue weighted by atomic mass is 10.0. The Kier molecular flexibility index (Phi) is 9.00. The lowest BCUT2D eigenvalue weighted by Crippen LogP contribution is -2.25. The maximum Gasteiger partial charge on any atom is 0.0466 e. The highest BCUT2D eigenvalue weighted by Crippen LogP contribution is 2.10. The molecule has 2 nitrogen and oxygen atoms in total. The van der Waals surface area contributed by atoms with Crippen molar-refractivity contribution in [3.63, 3.8) is 0 Å². The molecule has 0 aliphatic carbocycles. The van der Waals surface area contributed by atoms with Crippen LogP contribution in [0.25, 0.3) is 0 Å². The van der Waals surface area contributed by atoms with E-state index >= 15 is 0 Å². The van der Waals surface area contributed by atoms with Gasteiger partial charge >= 0.3 is 0 Å². The largest absolute Gasteiger partial charge is 0.382 e. The van der Waals surface area contributed by atoms with Crippen LogP contribution in [0, 0.1) is 0 Å². The monoisotopic (exact) mass is 199 g/mol. The molecule has 14 heavy (non-hydrogen) atoms. The Morgan fingerprint density at radius 2 is 2.14 bits per heavy atom. The zero-order valence-electron chi connectivity index (χ0n) is 9.94. The second-order valence-electron chi connectivity index (χ2n) is 3.63. The van der Waals surface area contributed by atoms with Gasteiger partial charge in [0, 0.05) is 19.3 Å². The summed E-state index contributed by atoms with van der Waals surface area (Å²) in [6.07, 6.45) is 4.49. The summed E-state index contributed by atoms with van der Waals surface area (Å²) in [4.78, 5) is 0. The number of rotatable bonds is 9. The Morgan fingerprint density at radius 3 is 2.64 bits per heavy atom. The van der Waals surface area contributed by atoms with Gasteiger partial charge in [0.2, 0.25) is 0 Å². The SMILES string of the molecule is C=C(CC)CC(CCCOCC)NC. The van der Waals surface area contributed by atoms with Gasteiger partial charge in [0.05, 0.1) is 0 Å². The normalized spacial score (nSPS) is 12.8. The molecule has 0 saturated carbocycles. The van der Waals surface area contributed by atoms with Crippen LogP contribution in [0.3, 0.4) is 0 Å². The van der Waals surface area contributed by atoms with Gasteiger partial charge in [0.15, 0.2) is 0 Å². The molecule has 0 heterocycles. The molecular formula is C12H25NO. The van der Waals surface area contributed by atoms with Crippen molar-refractivity contribution in [1.29, 1.82) is 0 Å². The van der Waals surface area contributed by atoms with Gasteiger partial charge in [-0.05, 0) is 39.7 Å². The van der Waals surface area contributed by atoms with Gasteiger partial charge in [-0.2, -0.15) is 0 Å². The molecule has 0 aromatic heterocycles. The molecule has 2 heteroatoms. The Balaban J connectivity index is 3.52. The predicted molar refractivity (Wildman–Crippen MR) is 62.6 cm³/mol. The minimum atomic E-state index is 0.572. The van der Waals surface area contributed by atoms with Crippen LogP contribution < -0.4 is 5.32 Å². The molecule has 0 radical (unpaired) electrons. The highest BCUT2D eigenvalue weighted by molar-refractivity contribution is 4.96. The maximum absolute atomic E-state index is 5.31. The summed E-state index contributed by atoms with van der Waals surface area (Å²) in [5, 5.41) is 3.33. The minimum Gasteiger partial charge on any atom is -0.382 e. The number of hydrogen-bond acceptors (Lipinski definition) is 2. The van der Waals surface area contributed by atoms with Gasteiger partial charge in [-0.25, -0.2) is 0 Å². The van der Waals surface area contributed by atoms with Crippen molar-refractivity contribution in [3.05, 3.63) is 12.2 Å². The Labute approximate surface area is 88.7 Å². The van der Waals surface area contributed by atoms with Crippen LogP contribution in [0.4, 0.5) is 0 Å². The summed E-state index contributed by atoms with van der Waals surface area (Å²) in [5.41, 5.74) is 1.33.